The molecule has 0 aliphatic carbocycles. The van der Waals surface area contributed by atoms with E-state index in [1.807, 2.05) is 4.57 Å². The second-order valence-corrected chi connectivity index (χ2v) is 7.05. The molecular formula is C21H14F4N4O2. The Kier molecular flexibility index (Phi) is 4.58. The molecule has 0 saturated carbocycles. The van der Waals surface area contributed by atoms with Gasteiger partial charge in [-0.05, 0) is 29.8 Å². The predicted molar refractivity (Wildman–Crippen MR) is 99.9 cm³/mol. The van der Waals surface area contributed by atoms with Crippen molar-refractivity contribution in [1.82, 2.24) is 19.7 Å². The molecular weight excluding hydrogens is 416 g/mol. The average Bonchev–Trinajstić information content (AvgIpc) is 3.40. The van der Waals surface area contributed by atoms with Gasteiger partial charge in [0.2, 0.25) is 5.82 Å². The van der Waals surface area contributed by atoms with Crippen molar-refractivity contribution in [2.45, 2.75) is 25.4 Å². The largest absolute Gasteiger partial charge is 0.416 e. The molecule has 1 aliphatic rings. The van der Waals surface area contributed by atoms with E-state index in [2.05, 4.69) is 15.1 Å². The van der Waals surface area contributed by atoms with E-state index in [4.69, 9.17) is 9.26 Å². The molecule has 4 aromatic rings. The highest BCUT2D eigenvalue weighted by Crippen LogP contribution is 2.34. The van der Waals surface area contributed by atoms with Crippen LogP contribution in [0.4, 0.5) is 17.6 Å². The number of rotatable bonds is 3. The van der Waals surface area contributed by atoms with Crippen LogP contribution in [-0.2, 0) is 24.1 Å². The molecule has 0 fully saturated rings. The van der Waals surface area contributed by atoms with E-state index in [1.165, 1.54) is 24.3 Å². The number of halogens is 4. The maximum Gasteiger partial charge on any atom is 0.416 e. The fourth-order valence-corrected chi connectivity index (χ4v) is 3.46. The van der Waals surface area contributed by atoms with Crippen LogP contribution in [0.2, 0.25) is 0 Å². The smallest absolute Gasteiger partial charge is 0.365 e. The van der Waals surface area contributed by atoms with E-state index in [0.717, 1.165) is 17.7 Å². The highest BCUT2D eigenvalue weighted by Gasteiger charge is 2.31. The van der Waals surface area contributed by atoms with Crippen LogP contribution in [0.15, 0.2) is 59.4 Å². The van der Waals surface area contributed by atoms with Gasteiger partial charge < -0.3 is 13.8 Å². The summed E-state index contributed by atoms with van der Waals surface area (Å²) >= 11 is 0. The Labute approximate surface area is 173 Å². The van der Waals surface area contributed by atoms with E-state index in [0.29, 0.717) is 17.9 Å². The summed E-state index contributed by atoms with van der Waals surface area (Å²) in [6.45, 7) is 0.668. The van der Waals surface area contributed by atoms with Gasteiger partial charge in [0.05, 0.1) is 30.7 Å². The van der Waals surface area contributed by atoms with Crippen molar-refractivity contribution < 1.29 is 26.8 Å². The molecule has 158 valence electrons. The molecule has 0 amide bonds. The van der Waals surface area contributed by atoms with Gasteiger partial charge >= 0.3 is 6.18 Å². The molecule has 1 atom stereocenters. The highest BCUT2D eigenvalue weighted by atomic mass is 19.4. The summed E-state index contributed by atoms with van der Waals surface area (Å²) in [6, 6.07) is 10.8. The summed E-state index contributed by atoms with van der Waals surface area (Å²) in [5, 5.41) is 3.81. The van der Waals surface area contributed by atoms with Gasteiger partial charge in [-0.15, -0.1) is 0 Å². The molecule has 3 heterocycles. The zero-order valence-corrected chi connectivity index (χ0v) is 15.8. The highest BCUT2D eigenvalue weighted by molar-refractivity contribution is 5.60. The minimum absolute atomic E-state index is 0.0313. The number of aromatic nitrogens is 4. The Morgan fingerprint density at radius 3 is 2.65 bits per heavy atom. The third kappa shape index (κ3) is 3.70. The average molecular weight is 430 g/mol. The van der Waals surface area contributed by atoms with E-state index in [9.17, 15) is 17.6 Å². The van der Waals surface area contributed by atoms with Gasteiger partial charge in [-0.1, -0.05) is 29.4 Å². The summed E-state index contributed by atoms with van der Waals surface area (Å²) in [6.07, 6.45) is -3.12. The lowest BCUT2D eigenvalue weighted by atomic mass is 10.1. The first kappa shape index (κ1) is 19.4. The molecule has 0 N–H and O–H groups in total. The summed E-state index contributed by atoms with van der Waals surface area (Å²) < 4.78 is 65.1. The van der Waals surface area contributed by atoms with Crippen LogP contribution in [0.25, 0.3) is 23.0 Å². The molecule has 0 saturated heterocycles. The minimum Gasteiger partial charge on any atom is -0.365 e. The molecule has 10 heteroatoms. The summed E-state index contributed by atoms with van der Waals surface area (Å²) in [5.74, 6) is -0.202. The zero-order valence-electron chi connectivity index (χ0n) is 15.8. The van der Waals surface area contributed by atoms with Crippen molar-refractivity contribution in [3.8, 4) is 23.0 Å². The summed E-state index contributed by atoms with van der Waals surface area (Å²) in [5.41, 5.74) is 1.34. The molecule has 1 aliphatic heterocycles. The Balaban J connectivity index is 1.40. The van der Waals surface area contributed by atoms with E-state index in [-0.39, 0.29) is 35.8 Å². The van der Waals surface area contributed by atoms with E-state index in [1.54, 1.807) is 18.5 Å². The quantitative estimate of drug-likeness (QED) is 0.427. The molecule has 2 aromatic carbocycles. The molecule has 0 bridgehead atoms. The lowest BCUT2D eigenvalue weighted by Gasteiger charge is -2.25. The number of fused-ring (bicyclic) bond motifs is 1. The Bertz CT molecular complexity index is 1230. The molecule has 5 rings (SSSR count). The number of hydrogen-bond acceptors (Lipinski definition) is 5. The van der Waals surface area contributed by atoms with Crippen LogP contribution in [0.1, 0.15) is 22.9 Å². The zero-order chi connectivity index (χ0) is 21.6. The summed E-state index contributed by atoms with van der Waals surface area (Å²) in [4.78, 5) is 8.54. The van der Waals surface area contributed by atoms with E-state index >= 15 is 0 Å². The van der Waals surface area contributed by atoms with Crippen molar-refractivity contribution in [3.05, 3.63) is 77.5 Å². The molecule has 0 spiro atoms. The fraction of sp³-hybridized carbons (Fsp3) is 0.190. The molecule has 0 radical (unpaired) electrons. The van der Waals surface area contributed by atoms with Gasteiger partial charge in [0.1, 0.15) is 11.9 Å². The summed E-state index contributed by atoms with van der Waals surface area (Å²) in [7, 11) is 0. The minimum atomic E-state index is -4.47. The number of benzene rings is 2. The van der Waals surface area contributed by atoms with Crippen LogP contribution in [0.3, 0.4) is 0 Å². The maximum absolute atomic E-state index is 13.2. The second kappa shape index (κ2) is 7.31. The van der Waals surface area contributed by atoms with Crippen molar-refractivity contribution in [1.29, 1.82) is 0 Å². The Hall–Kier alpha value is -3.53. The molecule has 0 unspecified atom stereocenters. The van der Waals surface area contributed by atoms with Gasteiger partial charge in [-0.2, -0.15) is 18.2 Å². The molecule has 6 nitrogen and oxygen atoms in total. The van der Waals surface area contributed by atoms with Crippen LogP contribution in [0, 0.1) is 5.82 Å². The fourth-order valence-electron chi connectivity index (χ4n) is 3.46. The standard InChI is InChI=1S/C21H14F4N4O2/c22-15-6-4-12(5-7-15)17-9-29-11-26-18(16(29)10-30-17)20-27-19(28-31-20)13-2-1-3-14(8-13)21(23,24)25/h1-8,11,17H,9-10H2/t17-/m1/s1. The first-order valence-corrected chi connectivity index (χ1v) is 9.31. The molecule has 2 aromatic heterocycles. The number of alkyl halides is 3. The number of nitrogens with zero attached hydrogens (tertiary/aromatic N) is 4. The SMILES string of the molecule is Fc1ccc([C@H]2Cn3cnc(-c4nc(-c5cccc(C(F)(F)F)c5)no4)c3CO2)cc1. The van der Waals surface area contributed by atoms with E-state index < -0.39 is 11.7 Å². The van der Waals surface area contributed by atoms with Crippen molar-refractivity contribution in [2.24, 2.45) is 0 Å². The van der Waals surface area contributed by atoms with Crippen LogP contribution in [0.5, 0.6) is 0 Å². The maximum atomic E-state index is 13.2. The van der Waals surface area contributed by atoms with Crippen molar-refractivity contribution >= 4 is 0 Å². The monoisotopic (exact) mass is 430 g/mol. The lowest BCUT2D eigenvalue weighted by molar-refractivity contribution is -0.137. The van der Waals surface area contributed by atoms with Crippen LogP contribution >= 0.6 is 0 Å². The number of hydrogen-bond donors (Lipinski definition) is 0. The van der Waals surface area contributed by atoms with Gasteiger partial charge in [0.15, 0.2) is 5.69 Å². The topological polar surface area (TPSA) is 66.0 Å². The first-order chi connectivity index (χ1) is 14.9. The van der Waals surface area contributed by atoms with Gasteiger partial charge in [-0.3, -0.25) is 0 Å². The normalized spacial score (nSPS) is 16.3. The first-order valence-electron chi connectivity index (χ1n) is 9.31. The second-order valence-electron chi connectivity index (χ2n) is 7.05. The Morgan fingerprint density at radius 1 is 1.06 bits per heavy atom. The number of ether oxygens (including phenoxy) is 1. The van der Waals surface area contributed by atoms with Crippen molar-refractivity contribution in [3.63, 3.8) is 0 Å². The lowest BCUT2D eigenvalue weighted by Crippen LogP contribution is -2.20. The van der Waals surface area contributed by atoms with Crippen molar-refractivity contribution in [2.75, 3.05) is 0 Å². The van der Waals surface area contributed by atoms with Gasteiger partial charge in [-0.25, -0.2) is 9.37 Å². The third-order valence-corrected chi connectivity index (χ3v) is 5.05. The van der Waals surface area contributed by atoms with Crippen LogP contribution in [-0.4, -0.2) is 19.7 Å². The Morgan fingerprint density at radius 2 is 1.87 bits per heavy atom. The molecule has 31 heavy (non-hydrogen) atoms. The van der Waals surface area contributed by atoms with Gasteiger partial charge in [0, 0.05) is 5.56 Å². The third-order valence-electron chi connectivity index (χ3n) is 5.05. The van der Waals surface area contributed by atoms with Gasteiger partial charge in [0.25, 0.3) is 5.89 Å². The van der Waals surface area contributed by atoms with Crippen LogP contribution < -0.4 is 0 Å². The number of imidazole rings is 1. The predicted octanol–water partition coefficient (Wildman–Crippen LogP) is 5.03.